The zero-order chi connectivity index (χ0) is 8.97. The molecule has 68 valence electrons. The molecular formula is C7H14N4O. The van der Waals surface area contributed by atoms with Crippen LogP contribution in [0.5, 0.6) is 0 Å². The zero-order valence-electron chi connectivity index (χ0n) is 7.53. The summed E-state index contributed by atoms with van der Waals surface area (Å²) in [4.78, 5) is 11.2. The van der Waals surface area contributed by atoms with Crippen LogP contribution in [-0.2, 0) is 13.6 Å². The molecule has 0 aliphatic heterocycles. The second-order valence-electron chi connectivity index (χ2n) is 2.82. The third-order valence-electron chi connectivity index (χ3n) is 1.75. The molecule has 1 aromatic heterocycles. The molecular weight excluding hydrogens is 156 g/mol. The minimum absolute atomic E-state index is 0.133. The van der Waals surface area contributed by atoms with Gasteiger partial charge < -0.3 is 0 Å². The average molecular weight is 170 g/mol. The van der Waals surface area contributed by atoms with E-state index in [0.29, 0.717) is 6.54 Å². The summed E-state index contributed by atoms with van der Waals surface area (Å²) in [6.07, 6.45) is 3.27. The second kappa shape index (κ2) is 4.04. The van der Waals surface area contributed by atoms with E-state index < -0.39 is 0 Å². The highest BCUT2D eigenvalue weighted by Crippen LogP contribution is 1.94. The van der Waals surface area contributed by atoms with Crippen LogP contribution in [0.15, 0.2) is 4.79 Å². The van der Waals surface area contributed by atoms with Crippen LogP contribution >= 0.6 is 0 Å². The van der Waals surface area contributed by atoms with Gasteiger partial charge in [-0.25, -0.2) is 4.79 Å². The van der Waals surface area contributed by atoms with E-state index in [1.165, 1.54) is 9.36 Å². The van der Waals surface area contributed by atoms with Gasteiger partial charge in [0.25, 0.3) is 0 Å². The molecule has 1 heterocycles. The van der Waals surface area contributed by atoms with Crippen LogP contribution in [0.3, 0.4) is 0 Å². The summed E-state index contributed by atoms with van der Waals surface area (Å²) in [5, 5.41) is 7.32. The van der Waals surface area contributed by atoms with Crippen molar-refractivity contribution in [1.82, 2.24) is 19.8 Å². The Morgan fingerprint density at radius 1 is 1.33 bits per heavy atom. The van der Waals surface area contributed by atoms with Gasteiger partial charge in [0.05, 0.1) is 0 Å². The maximum Gasteiger partial charge on any atom is 0.363 e. The van der Waals surface area contributed by atoms with Crippen molar-refractivity contribution in [2.75, 3.05) is 0 Å². The third kappa shape index (κ3) is 1.93. The Morgan fingerprint density at radius 3 is 2.58 bits per heavy atom. The number of aryl methyl sites for hydroxylation is 2. The number of nitrogens with zero attached hydrogens (tertiary/aromatic N) is 4. The van der Waals surface area contributed by atoms with Gasteiger partial charge in [-0.3, -0.25) is 0 Å². The minimum atomic E-state index is -0.133. The Morgan fingerprint density at radius 2 is 2.08 bits per heavy atom. The van der Waals surface area contributed by atoms with Crippen molar-refractivity contribution >= 4 is 0 Å². The lowest BCUT2D eigenvalue weighted by molar-refractivity contribution is 0.525. The van der Waals surface area contributed by atoms with E-state index in [-0.39, 0.29) is 5.69 Å². The molecule has 0 atom stereocenters. The molecule has 12 heavy (non-hydrogen) atoms. The average Bonchev–Trinajstić information content (AvgIpc) is 2.36. The van der Waals surface area contributed by atoms with Gasteiger partial charge in [0.1, 0.15) is 0 Å². The topological polar surface area (TPSA) is 52.7 Å². The SMILES string of the molecule is CCCCCn1nnn(C)c1=O. The highest BCUT2D eigenvalue weighted by molar-refractivity contribution is 4.55. The molecule has 0 N–H and O–H groups in total. The van der Waals surface area contributed by atoms with Crippen LogP contribution in [0.2, 0.25) is 0 Å². The van der Waals surface area contributed by atoms with Gasteiger partial charge in [-0.05, 0) is 16.8 Å². The van der Waals surface area contributed by atoms with Crippen molar-refractivity contribution < 1.29 is 0 Å². The maximum absolute atomic E-state index is 11.2. The summed E-state index contributed by atoms with van der Waals surface area (Å²) < 4.78 is 2.64. The van der Waals surface area contributed by atoms with E-state index in [2.05, 4.69) is 17.4 Å². The third-order valence-corrected chi connectivity index (χ3v) is 1.75. The first-order valence-corrected chi connectivity index (χ1v) is 4.22. The standard InChI is InChI=1S/C7H14N4O/c1-3-4-5-6-11-7(12)10(2)8-9-11/h3-6H2,1-2H3. The van der Waals surface area contributed by atoms with E-state index in [4.69, 9.17) is 0 Å². The van der Waals surface area contributed by atoms with Gasteiger partial charge in [-0.1, -0.05) is 19.8 Å². The lowest BCUT2D eigenvalue weighted by atomic mass is 10.2. The molecule has 0 aromatic carbocycles. The highest BCUT2D eigenvalue weighted by atomic mass is 16.2. The van der Waals surface area contributed by atoms with Gasteiger partial charge in [-0.15, -0.1) is 0 Å². The Kier molecular flexibility index (Phi) is 3.01. The molecule has 0 amide bonds. The quantitative estimate of drug-likeness (QED) is 0.605. The van der Waals surface area contributed by atoms with Gasteiger partial charge in [0.2, 0.25) is 0 Å². The van der Waals surface area contributed by atoms with Crippen molar-refractivity contribution in [2.24, 2.45) is 7.05 Å². The van der Waals surface area contributed by atoms with Crippen LogP contribution in [0, 0.1) is 0 Å². The van der Waals surface area contributed by atoms with Crippen molar-refractivity contribution in [1.29, 1.82) is 0 Å². The Balaban J connectivity index is 2.52. The predicted molar refractivity (Wildman–Crippen MR) is 44.8 cm³/mol. The number of unbranched alkanes of at least 4 members (excludes halogenated alkanes) is 2. The molecule has 5 nitrogen and oxygen atoms in total. The molecule has 0 saturated carbocycles. The summed E-state index contributed by atoms with van der Waals surface area (Å²) >= 11 is 0. The van der Waals surface area contributed by atoms with Crippen molar-refractivity contribution in [3.63, 3.8) is 0 Å². The highest BCUT2D eigenvalue weighted by Gasteiger charge is 2.00. The van der Waals surface area contributed by atoms with Crippen LogP contribution in [0.25, 0.3) is 0 Å². The minimum Gasteiger partial charge on any atom is -0.244 e. The number of rotatable bonds is 4. The molecule has 0 unspecified atom stereocenters. The second-order valence-corrected chi connectivity index (χ2v) is 2.82. The summed E-state index contributed by atoms with van der Waals surface area (Å²) in [6.45, 7) is 2.81. The number of tetrazole rings is 1. The molecule has 0 radical (unpaired) electrons. The number of aromatic nitrogens is 4. The fraction of sp³-hybridized carbons (Fsp3) is 0.857. The van der Waals surface area contributed by atoms with Gasteiger partial charge in [-0.2, -0.15) is 9.36 Å². The van der Waals surface area contributed by atoms with Crippen LogP contribution in [0.4, 0.5) is 0 Å². The summed E-state index contributed by atoms with van der Waals surface area (Å²) in [5.74, 6) is 0. The molecule has 5 heteroatoms. The molecule has 0 aliphatic rings. The largest absolute Gasteiger partial charge is 0.363 e. The smallest absolute Gasteiger partial charge is 0.244 e. The van der Waals surface area contributed by atoms with E-state index in [9.17, 15) is 4.79 Å². The Hall–Kier alpha value is -1.13. The van der Waals surface area contributed by atoms with E-state index in [0.717, 1.165) is 19.3 Å². The van der Waals surface area contributed by atoms with Crippen molar-refractivity contribution in [3.05, 3.63) is 10.5 Å². The van der Waals surface area contributed by atoms with Gasteiger partial charge in [0, 0.05) is 13.6 Å². The molecule has 0 aliphatic carbocycles. The van der Waals surface area contributed by atoms with E-state index in [1.807, 2.05) is 0 Å². The van der Waals surface area contributed by atoms with Crippen molar-refractivity contribution in [3.8, 4) is 0 Å². The van der Waals surface area contributed by atoms with Crippen LogP contribution in [-0.4, -0.2) is 19.8 Å². The summed E-state index contributed by atoms with van der Waals surface area (Å²) in [6, 6.07) is 0. The lowest BCUT2D eigenvalue weighted by Crippen LogP contribution is -2.23. The molecule has 0 spiro atoms. The molecule has 1 rings (SSSR count). The van der Waals surface area contributed by atoms with Crippen LogP contribution < -0.4 is 5.69 Å². The monoisotopic (exact) mass is 170 g/mol. The first-order chi connectivity index (χ1) is 5.75. The number of hydrogen-bond acceptors (Lipinski definition) is 3. The fourth-order valence-corrected chi connectivity index (χ4v) is 1.00. The maximum atomic E-state index is 11.2. The normalized spacial score (nSPS) is 10.5. The molecule has 0 bridgehead atoms. The Bertz CT molecular complexity index is 288. The summed E-state index contributed by atoms with van der Waals surface area (Å²) in [5.41, 5.74) is -0.133. The predicted octanol–water partition coefficient (Wildman–Crippen LogP) is 0.167. The first-order valence-electron chi connectivity index (χ1n) is 4.22. The zero-order valence-corrected chi connectivity index (χ0v) is 7.53. The molecule has 1 aromatic rings. The van der Waals surface area contributed by atoms with Crippen molar-refractivity contribution in [2.45, 2.75) is 32.7 Å². The fourth-order valence-electron chi connectivity index (χ4n) is 1.00. The lowest BCUT2D eigenvalue weighted by Gasteiger charge is -1.95. The molecule has 0 fully saturated rings. The Labute approximate surface area is 71.0 Å². The van der Waals surface area contributed by atoms with E-state index >= 15 is 0 Å². The first kappa shape index (κ1) is 8.96. The number of hydrogen-bond donors (Lipinski definition) is 0. The van der Waals surface area contributed by atoms with Crippen LogP contribution in [0.1, 0.15) is 26.2 Å². The molecule has 0 saturated heterocycles. The van der Waals surface area contributed by atoms with Gasteiger partial charge >= 0.3 is 5.69 Å². The summed E-state index contributed by atoms with van der Waals surface area (Å²) in [7, 11) is 1.60. The van der Waals surface area contributed by atoms with Gasteiger partial charge in [0.15, 0.2) is 0 Å². The van der Waals surface area contributed by atoms with E-state index in [1.54, 1.807) is 7.05 Å².